The number of nitrogens with one attached hydrogen (secondary N) is 3. The molecule has 1 saturated heterocycles. The first-order valence-corrected chi connectivity index (χ1v) is 12.2. The second kappa shape index (κ2) is 8.58. The van der Waals surface area contributed by atoms with Gasteiger partial charge in [-0.25, -0.2) is 0 Å². The van der Waals surface area contributed by atoms with E-state index in [1.165, 1.54) is 24.5 Å². The third-order valence-electron chi connectivity index (χ3n) is 7.14. The molecule has 6 rings (SSSR count). The van der Waals surface area contributed by atoms with E-state index in [0.29, 0.717) is 24.5 Å². The van der Waals surface area contributed by atoms with Crippen molar-refractivity contribution in [3.63, 3.8) is 0 Å². The van der Waals surface area contributed by atoms with Crippen molar-refractivity contribution in [3.8, 4) is 0 Å². The quantitative estimate of drug-likeness (QED) is 0.515. The summed E-state index contributed by atoms with van der Waals surface area (Å²) in [5.41, 5.74) is 1.22. The lowest BCUT2D eigenvalue weighted by Gasteiger charge is -2.24. The Morgan fingerprint density at radius 1 is 1.18 bits per heavy atom. The fourth-order valence-electron chi connectivity index (χ4n) is 5.13. The standard InChI is InChI=1S/C26H24F3N7O2/c1-25(2)19-8-7-15(11-21(19)33-23(25)37)32-24-34-22-14-30-9-10-36(22,35-24)38-16-12-20(31-13-16)17-5-3-4-6-18(17)26(27,28)29/h3-11,14,16,20,31H,12-13H2,1-2H3,(H-,32,33,35,37)/p+1/t16-,20+,36?/m0/s1. The van der Waals surface area contributed by atoms with Gasteiger partial charge in [0.15, 0.2) is 6.20 Å². The molecule has 4 aliphatic heterocycles. The Hall–Kier alpha value is -3.87. The summed E-state index contributed by atoms with van der Waals surface area (Å²) in [7, 11) is 0. The number of quaternary nitrogens is 1. The Morgan fingerprint density at radius 2 is 2.00 bits per heavy atom. The minimum atomic E-state index is -4.44. The number of hydrogen-bond acceptors (Lipinski definition) is 7. The van der Waals surface area contributed by atoms with Crippen molar-refractivity contribution in [2.75, 3.05) is 17.2 Å². The molecule has 3 atom stereocenters. The highest BCUT2D eigenvalue weighted by atomic mass is 19.4. The van der Waals surface area contributed by atoms with Gasteiger partial charge in [-0.2, -0.15) is 18.0 Å². The second-order valence-electron chi connectivity index (χ2n) is 10.1. The van der Waals surface area contributed by atoms with Gasteiger partial charge in [0.2, 0.25) is 5.91 Å². The zero-order chi connectivity index (χ0) is 26.7. The van der Waals surface area contributed by atoms with Crippen molar-refractivity contribution >= 4 is 35.3 Å². The molecule has 38 heavy (non-hydrogen) atoms. The van der Waals surface area contributed by atoms with Gasteiger partial charge in [-0.3, -0.25) is 9.79 Å². The van der Waals surface area contributed by atoms with Crippen LogP contribution in [-0.4, -0.2) is 41.3 Å². The van der Waals surface area contributed by atoms with Crippen LogP contribution >= 0.6 is 0 Å². The zero-order valence-corrected chi connectivity index (χ0v) is 20.6. The smallest absolute Gasteiger partial charge is 0.325 e. The first-order chi connectivity index (χ1) is 18.0. The molecule has 1 unspecified atom stereocenters. The fourth-order valence-corrected chi connectivity index (χ4v) is 5.13. The van der Waals surface area contributed by atoms with E-state index in [2.05, 4.69) is 31.0 Å². The number of fused-ring (bicyclic) bond motifs is 2. The van der Waals surface area contributed by atoms with Gasteiger partial charge in [0.25, 0.3) is 5.96 Å². The molecule has 2 aromatic rings. The molecular weight excluding hydrogens is 499 g/mol. The number of rotatable bonds is 4. The molecule has 4 aliphatic rings. The summed E-state index contributed by atoms with van der Waals surface area (Å²) in [5, 5.41) is 13.8. The summed E-state index contributed by atoms with van der Waals surface area (Å²) in [4.78, 5) is 27.3. The predicted molar refractivity (Wildman–Crippen MR) is 136 cm³/mol. The van der Waals surface area contributed by atoms with Crippen LogP contribution in [0.15, 0.2) is 70.0 Å². The molecule has 2 aromatic carbocycles. The Kier molecular flexibility index (Phi) is 5.53. The molecule has 0 radical (unpaired) electrons. The molecule has 3 N–H and O–H groups in total. The molecule has 1 amide bonds. The maximum Gasteiger partial charge on any atom is 0.416 e. The van der Waals surface area contributed by atoms with Crippen LogP contribution in [0.1, 0.15) is 43.0 Å². The lowest BCUT2D eigenvalue weighted by Crippen LogP contribution is -2.46. The van der Waals surface area contributed by atoms with Gasteiger partial charge < -0.3 is 16.0 Å². The molecule has 0 spiro atoms. The van der Waals surface area contributed by atoms with Crippen LogP contribution < -0.4 is 16.0 Å². The van der Waals surface area contributed by atoms with E-state index in [9.17, 15) is 18.0 Å². The van der Waals surface area contributed by atoms with Gasteiger partial charge in [-0.05, 0) is 43.2 Å². The number of carbonyl (C=O) groups excluding carboxylic acids is 1. The van der Waals surface area contributed by atoms with Crippen molar-refractivity contribution in [1.82, 2.24) is 5.32 Å². The fraction of sp³-hybridized carbons (Fsp3) is 0.308. The number of benzene rings is 2. The van der Waals surface area contributed by atoms with E-state index in [1.54, 1.807) is 12.3 Å². The molecule has 0 aromatic heterocycles. The third-order valence-corrected chi connectivity index (χ3v) is 7.14. The van der Waals surface area contributed by atoms with Gasteiger partial charge in [0, 0.05) is 40.2 Å². The highest BCUT2D eigenvalue weighted by Gasteiger charge is 2.47. The average Bonchev–Trinajstić information content (AvgIpc) is 3.53. The molecule has 0 bridgehead atoms. The van der Waals surface area contributed by atoms with Crippen LogP contribution in [0, 0.1) is 0 Å². The molecule has 0 saturated carbocycles. The Labute approximate surface area is 216 Å². The van der Waals surface area contributed by atoms with Gasteiger partial charge in [-0.1, -0.05) is 24.3 Å². The number of amidine groups is 1. The highest BCUT2D eigenvalue weighted by molar-refractivity contribution is 6.30. The minimum absolute atomic E-state index is 0.0687. The van der Waals surface area contributed by atoms with Crippen molar-refractivity contribution in [3.05, 3.63) is 71.6 Å². The van der Waals surface area contributed by atoms with E-state index < -0.39 is 34.1 Å². The number of carbonyl (C=O) groups is 1. The summed E-state index contributed by atoms with van der Waals surface area (Å²) in [5.74, 6) is 0.608. The molecule has 12 heteroatoms. The Morgan fingerprint density at radius 3 is 2.82 bits per heavy atom. The van der Waals surface area contributed by atoms with Crippen LogP contribution in [0.3, 0.4) is 0 Å². The number of amides is 1. The largest absolute Gasteiger partial charge is 0.416 e. The minimum Gasteiger partial charge on any atom is -0.325 e. The highest BCUT2D eigenvalue weighted by Crippen LogP contribution is 2.40. The molecule has 4 heterocycles. The van der Waals surface area contributed by atoms with Gasteiger partial charge >= 0.3 is 12.0 Å². The molecule has 9 nitrogen and oxygen atoms in total. The average molecular weight is 525 g/mol. The van der Waals surface area contributed by atoms with E-state index in [0.717, 1.165) is 17.3 Å². The van der Waals surface area contributed by atoms with Gasteiger partial charge in [-0.15, -0.1) is 4.99 Å². The van der Waals surface area contributed by atoms with E-state index in [1.807, 2.05) is 32.0 Å². The van der Waals surface area contributed by atoms with Crippen LogP contribution in [0.4, 0.5) is 24.5 Å². The lowest BCUT2D eigenvalue weighted by molar-refractivity contribution is -1.00. The van der Waals surface area contributed by atoms with Crippen LogP contribution in [0.25, 0.3) is 0 Å². The summed E-state index contributed by atoms with van der Waals surface area (Å²) >= 11 is 0. The number of hydroxylamine groups is 2. The molecule has 0 aliphatic carbocycles. The predicted octanol–water partition coefficient (Wildman–Crippen LogP) is 4.44. The zero-order valence-electron chi connectivity index (χ0n) is 20.6. The third kappa shape index (κ3) is 4.10. The van der Waals surface area contributed by atoms with Gasteiger partial charge in [0.1, 0.15) is 12.3 Å². The number of hydrogen-bond donors (Lipinski definition) is 3. The van der Waals surface area contributed by atoms with Crippen LogP contribution in [0.5, 0.6) is 0 Å². The van der Waals surface area contributed by atoms with E-state index in [-0.39, 0.29) is 17.4 Å². The maximum atomic E-state index is 13.6. The first kappa shape index (κ1) is 24.5. The lowest BCUT2D eigenvalue weighted by atomic mass is 9.86. The van der Waals surface area contributed by atoms with Crippen molar-refractivity contribution < 1.29 is 27.6 Å². The van der Waals surface area contributed by atoms with E-state index in [4.69, 9.17) is 4.84 Å². The maximum absolute atomic E-state index is 13.6. The Bertz CT molecular complexity index is 1450. The number of anilines is 2. The summed E-state index contributed by atoms with van der Waals surface area (Å²) in [6.45, 7) is 4.08. The second-order valence-corrected chi connectivity index (χ2v) is 10.1. The number of alkyl halides is 3. The van der Waals surface area contributed by atoms with Crippen molar-refractivity contribution in [2.24, 2.45) is 15.1 Å². The van der Waals surface area contributed by atoms with Gasteiger partial charge in [0.05, 0.1) is 17.2 Å². The molecular formula is C26H25F3N7O2+. The summed E-state index contributed by atoms with van der Waals surface area (Å²) in [6.07, 6.45) is 0.128. The van der Waals surface area contributed by atoms with Crippen LogP contribution in [-0.2, 0) is 21.2 Å². The number of aliphatic imine (C=N–C) groups is 2. The van der Waals surface area contributed by atoms with Crippen molar-refractivity contribution in [1.29, 1.82) is 0 Å². The monoisotopic (exact) mass is 524 g/mol. The topological polar surface area (TPSA) is 99.5 Å². The SMILES string of the molecule is CC1(C)C(=O)Nc2cc(NC3=N[N+]4(O[C@@H]5CN[C@@H](c6ccccc6C(F)(F)F)C5)C=CN=CC4=N3)ccc21. The molecule has 1 fully saturated rings. The Balaban J connectivity index is 1.21. The number of guanidine groups is 1. The van der Waals surface area contributed by atoms with Crippen molar-refractivity contribution in [2.45, 2.75) is 44.0 Å². The van der Waals surface area contributed by atoms with E-state index >= 15 is 0 Å². The normalized spacial score (nSPS) is 27.0. The number of nitrogens with zero attached hydrogens (tertiary/aromatic N) is 4. The molecule has 196 valence electrons. The number of halogens is 3. The first-order valence-electron chi connectivity index (χ1n) is 12.2. The summed E-state index contributed by atoms with van der Waals surface area (Å²) < 4.78 is 40.2. The summed E-state index contributed by atoms with van der Waals surface area (Å²) in [6, 6.07) is 10.6. The van der Waals surface area contributed by atoms with Crippen LogP contribution in [0.2, 0.25) is 0 Å².